The minimum atomic E-state index is -5.68. The van der Waals surface area contributed by atoms with Gasteiger partial charge in [-0.15, -0.1) is 0 Å². The predicted molar refractivity (Wildman–Crippen MR) is 159 cm³/mol. The van der Waals surface area contributed by atoms with E-state index in [1.807, 2.05) is 18.2 Å². The largest absolute Gasteiger partial charge is 0.508 e. The van der Waals surface area contributed by atoms with Crippen molar-refractivity contribution in [2.24, 2.45) is 5.92 Å². The van der Waals surface area contributed by atoms with Gasteiger partial charge in [0.2, 0.25) is 0 Å². The second-order valence-corrected chi connectivity index (χ2v) is 12.1. The summed E-state index contributed by atoms with van der Waals surface area (Å²) in [6, 6.07) is 12.3. The number of phenols is 2. The Labute approximate surface area is 260 Å². The third-order valence-corrected chi connectivity index (χ3v) is 8.72. The lowest BCUT2D eigenvalue weighted by Crippen LogP contribution is -2.40. The van der Waals surface area contributed by atoms with E-state index in [4.69, 9.17) is 9.47 Å². The maximum absolute atomic E-state index is 13.3. The van der Waals surface area contributed by atoms with Crippen LogP contribution < -0.4 is 4.74 Å². The molecule has 2 N–H and O–H groups in total. The van der Waals surface area contributed by atoms with E-state index in [2.05, 4.69) is 6.92 Å². The smallest absolute Gasteiger partial charge is 0.453 e. The molecule has 2 aromatic carbocycles. The van der Waals surface area contributed by atoms with E-state index in [9.17, 15) is 41.8 Å². The number of hydrogen-bond acceptors (Lipinski definition) is 6. The molecule has 1 heterocycles. The number of Topliss-reactive ketones (excluding diaryl/α,β-unsaturated/α-hetero) is 1. The quantitative estimate of drug-likeness (QED) is 0.0776. The lowest BCUT2D eigenvalue weighted by Gasteiger charge is -2.43. The van der Waals surface area contributed by atoms with Gasteiger partial charge in [-0.2, -0.15) is 22.0 Å². The summed E-state index contributed by atoms with van der Waals surface area (Å²) in [4.78, 5) is 24.9. The lowest BCUT2D eigenvalue weighted by atomic mass is 9.66. The van der Waals surface area contributed by atoms with Crippen LogP contribution in [0.15, 0.2) is 42.5 Å². The summed E-state index contributed by atoms with van der Waals surface area (Å²) in [6.45, 7) is 4.06. The fraction of sp³-hybridized carbons (Fsp3) is 0.588. The standard InChI is InChI=1S/C34H43F5O6/c1-3-44-31(43)27(11-10-20-33(35,36)34(37,38)39)29(42)13-9-7-5-4-6-8-12-28-26-19-18-25(41)21-30(26)45-22-32(28,2)23-14-16-24(40)17-15-23/h14-19,21,27-28,40-41H,3-13,20,22H2,1-2H3/t27?,28-,32-/m1/s1. The molecule has 2 aromatic rings. The highest BCUT2D eigenvalue weighted by Crippen LogP contribution is 2.50. The number of aromatic hydroxyl groups is 2. The van der Waals surface area contributed by atoms with Crippen LogP contribution in [0.5, 0.6) is 17.2 Å². The van der Waals surface area contributed by atoms with E-state index < -0.39 is 49.0 Å². The first-order valence-corrected chi connectivity index (χ1v) is 15.6. The normalized spacial score (nSPS) is 19.0. The second kappa shape index (κ2) is 15.8. The Bertz CT molecular complexity index is 1260. The third-order valence-electron chi connectivity index (χ3n) is 8.72. The third kappa shape index (κ3) is 9.56. The average molecular weight is 643 g/mol. The first kappa shape index (κ1) is 36.1. The van der Waals surface area contributed by atoms with Gasteiger partial charge < -0.3 is 19.7 Å². The minimum absolute atomic E-state index is 0.0236. The van der Waals surface area contributed by atoms with E-state index in [0.29, 0.717) is 25.2 Å². The van der Waals surface area contributed by atoms with Gasteiger partial charge in [-0.1, -0.05) is 57.2 Å². The Morgan fingerprint density at radius 3 is 2.20 bits per heavy atom. The number of benzene rings is 2. The van der Waals surface area contributed by atoms with Gasteiger partial charge in [0.05, 0.1) is 13.2 Å². The first-order valence-electron chi connectivity index (χ1n) is 15.6. The minimum Gasteiger partial charge on any atom is -0.508 e. The summed E-state index contributed by atoms with van der Waals surface area (Å²) in [7, 11) is 0. The number of unbranched alkanes of at least 4 members (excludes halogenated alkanes) is 5. The van der Waals surface area contributed by atoms with Crippen molar-refractivity contribution >= 4 is 11.8 Å². The Balaban J connectivity index is 1.47. The van der Waals surface area contributed by atoms with Crippen molar-refractivity contribution < 1.29 is 51.2 Å². The van der Waals surface area contributed by atoms with Crippen LogP contribution in [0.2, 0.25) is 0 Å². The molecular weight excluding hydrogens is 599 g/mol. The van der Waals surface area contributed by atoms with E-state index in [0.717, 1.165) is 43.2 Å². The molecule has 0 saturated heterocycles. The van der Waals surface area contributed by atoms with Gasteiger partial charge >= 0.3 is 18.1 Å². The zero-order valence-electron chi connectivity index (χ0n) is 25.8. The molecule has 0 radical (unpaired) electrons. The maximum Gasteiger partial charge on any atom is 0.453 e. The van der Waals surface area contributed by atoms with E-state index in [1.165, 1.54) is 6.92 Å². The van der Waals surface area contributed by atoms with Gasteiger partial charge in [-0.25, -0.2) is 0 Å². The van der Waals surface area contributed by atoms with Crippen LogP contribution in [-0.4, -0.2) is 47.3 Å². The zero-order valence-corrected chi connectivity index (χ0v) is 25.8. The van der Waals surface area contributed by atoms with Crippen LogP contribution in [0.1, 0.15) is 102 Å². The number of hydrogen-bond donors (Lipinski definition) is 2. The van der Waals surface area contributed by atoms with Crippen molar-refractivity contribution in [3.05, 3.63) is 53.6 Å². The fourth-order valence-corrected chi connectivity index (χ4v) is 6.06. The number of ketones is 1. The van der Waals surface area contributed by atoms with Crippen LogP contribution in [-0.2, 0) is 19.7 Å². The van der Waals surface area contributed by atoms with Crippen LogP contribution in [0.3, 0.4) is 0 Å². The van der Waals surface area contributed by atoms with E-state index in [1.54, 1.807) is 24.3 Å². The molecule has 250 valence electrons. The Morgan fingerprint density at radius 2 is 1.56 bits per heavy atom. The number of rotatable bonds is 17. The molecule has 0 amide bonds. The molecule has 1 unspecified atom stereocenters. The highest BCUT2D eigenvalue weighted by atomic mass is 19.4. The Kier molecular flexibility index (Phi) is 12.6. The van der Waals surface area contributed by atoms with Gasteiger partial charge in [-0.3, -0.25) is 9.59 Å². The van der Waals surface area contributed by atoms with E-state index in [-0.39, 0.29) is 35.9 Å². The molecule has 0 fully saturated rings. The van der Waals surface area contributed by atoms with Crippen molar-refractivity contribution in [3.63, 3.8) is 0 Å². The summed E-state index contributed by atoms with van der Waals surface area (Å²) in [5.74, 6) is -6.52. The number of carbonyl (C=O) groups is 2. The molecule has 0 aromatic heterocycles. The Hall–Kier alpha value is -3.37. The molecule has 45 heavy (non-hydrogen) atoms. The second-order valence-electron chi connectivity index (χ2n) is 12.1. The number of ether oxygens (including phenoxy) is 2. The number of esters is 1. The van der Waals surface area contributed by atoms with Crippen molar-refractivity contribution in [2.45, 2.75) is 108 Å². The van der Waals surface area contributed by atoms with Crippen molar-refractivity contribution in [1.82, 2.24) is 0 Å². The Morgan fingerprint density at radius 1 is 0.933 bits per heavy atom. The maximum atomic E-state index is 13.3. The number of fused-ring (bicyclic) bond motifs is 1. The van der Waals surface area contributed by atoms with Gasteiger partial charge in [-0.05, 0) is 61.9 Å². The summed E-state index contributed by atoms with van der Waals surface area (Å²) in [5.41, 5.74) is 1.71. The van der Waals surface area contributed by atoms with Crippen molar-refractivity contribution in [2.75, 3.05) is 13.2 Å². The number of alkyl halides is 5. The summed E-state index contributed by atoms with van der Waals surface area (Å²) < 4.78 is 74.9. The topological polar surface area (TPSA) is 93.1 Å². The number of halogens is 5. The van der Waals surface area contributed by atoms with Crippen molar-refractivity contribution in [1.29, 1.82) is 0 Å². The van der Waals surface area contributed by atoms with Crippen LogP contribution in [0, 0.1) is 5.92 Å². The monoisotopic (exact) mass is 642 g/mol. The zero-order chi connectivity index (χ0) is 33.3. The highest BCUT2D eigenvalue weighted by molar-refractivity contribution is 5.98. The van der Waals surface area contributed by atoms with Crippen LogP contribution in [0.4, 0.5) is 22.0 Å². The van der Waals surface area contributed by atoms with Crippen LogP contribution >= 0.6 is 0 Å². The van der Waals surface area contributed by atoms with Crippen molar-refractivity contribution in [3.8, 4) is 17.2 Å². The lowest BCUT2D eigenvalue weighted by molar-refractivity contribution is -0.284. The molecule has 11 heteroatoms. The number of phenolic OH excluding ortho intramolecular Hbond substituents is 2. The molecule has 6 nitrogen and oxygen atoms in total. The summed E-state index contributed by atoms with van der Waals surface area (Å²) >= 11 is 0. The molecule has 1 aliphatic rings. The number of carbonyl (C=O) groups excluding carboxylic acids is 2. The molecule has 3 rings (SSSR count). The van der Waals surface area contributed by atoms with Gasteiger partial charge in [0.25, 0.3) is 0 Å². The summed E-state index contributed by atoms with van der Waals surface area (Å²) in [6.07, 6.45) is -2.55. The fourth-order valence-electron chi connectivity index (χ4n) is 6.06. The molecule has 0 saturated carbocycles. The summed E-state index contributed by atoms with van der Waals surface area (Å²) in [5, 5.41) is 19.7. The molecule has 0 aliphatic carbocycles. The van der Waals surface area contributed by atoms with Gasteiger partial charge in [0, 0.05) is 30.2 Å². The molecule has 1 aliphatic heterocycles. The average Bonchev–Trinajstić information content (AvgIpc) is 2.97. The van der Waals surface area contributed by atoms with Gasteiger partial charge in [0.1, 0.15) is 28.9 Å². The molecule has 0 spiro atoms. The highest BCUT2D eigenvalue weighted by Gasteiger charge is 2.56. The van der Waals surface area contributed by atoms with E-state index >= 15 is 0 Å². The predicted octanol–water partition coefficient (Wildman–Crippen LogP) is 8.77. The SMILES string of the molecule is CCOC(=O)C(CCCC(F)(F)C(F)(F)F)C(=O)CCCCCCCC[C@@H]1c2ccc(O)cc2OC[C@]1(C)c1ccc(O)cc1. The van der Waals surface area contributed by atoms with Crippen LogP contribution in [0.25, 0.3) is 0 Å². The molecule has 0 bridgehead atoms. The molecule has 3 atom stereocenters. The van der Waals surface area contributed by atoms with Gasteiger partial charge in [0.15, 0.2) is 0 Å². The molecular formula is C34H43F5O6. The first-order chi connectivity index (χ1) is 21.2.